The van der Waals surface area contributed by atoms with E-state index in [1.807, 2.05) is 21.0 Å². The van der Waals surface area contributed by atoms with E-state index in [0.29, 0.717) is 31.4 Å². The summed E-state index contributed by atoms with van der Waals surface area (Å²) in [5.74, 6) is 0.473. The zero-order valence-electron chi connectivity index (χ0n) is 13.6. The van der Waals surface area contributed by atoms with E-state index in [2.05, 4.69) is 25.1 Å². The van der Waals surface area contributed by atoms with Gasteiger partial charge in [0.15, 0.2) is 0 Å². The van der Waals surface area contributed by atoms with Crippen molar-refractivity contribution in [2.24, 2.45) is 0 Å². The number of rotatable bonds is 6. The van der Waals surface area contributed by atoms with E-state index in [4.69, 9.17) is 4.74 Å². The number of hydrogen-bond acceptors (Lipinski definition) is 6. The molecule has 0 saturated carbocycles. The first-order chi connectivity index (χ1) is 10.6. The van der Waals surface area contributed by atoms with Gasteiger partial charge in [0, 0.05) is 25.3 Å². The summed E-state index contributed by atoms with van der Waals surface area (Å²) < 4.78 is 5.33. The second kappa shape index (κ2) is 8.05. The summed E-state index contributed by atoms with van der Waals surface area (Å²) in [5.41, 5.74) is 1.23. The van der Waals surface area contributed by atoms with Crippen molar-refractivity contribution >= 4 is 11.9 Å². The van der Waals surface area contributed by atoms with Crippen LogP contribution < -0.4 is 10.2 Å². The number of carbonyl (C=O) groups is 1. The van der Waals surface area contributed by atoms with Gasteiger partial charge in [-0.3, -0.25) is 4.79 Å². The Morgan fingerprint density at radius 2 is 2.09 bits per heavy atom. The third kappa shape index (κ3) is 4.92. The van der Waals surface area contributed by atoms with Gasteiger partial charge in [-0.05, 0) is 40.1 Å². The normalized spacial score (nSPS) is 15.2. The Morgan fingerprint density at radius 3 is 2.77 bits per heavy atom. The Labute approximate surface area is 131 Å². The van der Waals surface area contributed by atoms with Gasteiger partial charge in [-0.15, -0.1) is 0 Å². The highest BCUT2D eigenvalue weighted by atomic mass is 16.5. The summed E-state index contributed by atoms with van der Waals surface area (Å²) in [6, 6.07) is 1.73. The summed E-state index contributed by atoms with van der Waals surface area (Å²) >= 11 is 0. The van der Waals surface area contributed by atoms with Gasteiger partial charge in [-0.25, -0.2) is 9.97 Å². The van der Waals surface area contributed by atoms with Gasteiger partial charge in [-0.2, -0.15) is 0 Å². The van der Waals surface area contributed by atoms with E-state index in [1.54, 1.807) is 6.07 Å². The van der Waals surface area contributed by atoms with Crippen molar-refractivity contribution < 1.29 is 9.53 Å². The Bertz CT molecular complexity index is 501. The molecule has 1 aliphatic heterocycles. The molecule has 1 N–H and O–H groups in total. The fourth-order valence-electron chi connectivity index (χ4n) is 2.26. The predicted molar refractivity (Wildman–Crippen MR) is 85.3 cm³/mol. The first-order valence-corrected chi connectivity index (χ1v) is 7.67. The maximum atomic E-state index is 12.2. The van der Waals surface area contributed by atoms with Crippen LogP contribution >= 0.6 is 0 Å². The molecule has 1 saturated heterocycles. The van der Waals surface area contributed by atoms with Crippen molar-refractivity contribution in [1.82, 2.24) is 20.2 Å². The van der Waals surface area contributed by atoms with E-state index in [-0.39, 0.29) is 5.91 Å². The summed E-state index contributed by atoms with van der Waals surface area (Å²) in [5, 5.41) is 2.91. The average Bonchev–Trinajstić information content (AvgIpc) is 2.51. The van der Waals surface area contributed by atoms with Crippen LogP contribution in [0.25, 0.3) is 0 Å². The van der Waals surface area contributed by atoms with E-state index < -0.39 is 0 Å². The second-order valence-corrected chi connectivity index (χ2v) is 5.71. The first kappa shape index (κ1) is 16.6. The highest BCUT2D eigenvalue weighted by Crippen LogP contribution is 2.12. The molecule has 0 aliphatic carbocycles. The summed E-state index contributed by atoms with van der Waals surface area (Å²) in [4.78, 5) is 25.2. The predicted octanol–water partition coefficient (Wildman–Crippen LogP) is 0.303. The maximum absolute atomic E-state index is 12.2. The topological polar surface area (TPSA) is 70.6 Å². The van der Waals surface area contributed by atoms with Gasteiger partial charge in [0.2, 0.25) is 5.95 Å². The largest absolute Gasteiger partial charge is 0.378 e. The zero-order valence-corrected chi connectivity index (χ0v) is 13.6. The van der Waals surface area contributed by atoms with E-state index in [0.717, 1.165) is 31.7 Å². The number of nitrogens with zero attached hydrogens (tertiary/aromatic N) is 4. The van der Waals surface area contributed by atoms with Crippen molar-refractivity contribution in [2.75, 3.05) is 58.4 Å². The van der Waals surface area contributed by atoms with Gasteiger partial charge in [-0.1, -0.05) is 0 Å². The van der Waals surface area contributed by atoms with Crippen LogP contribution in [0.1, 0.15) is 22.6 Å². The van der Waals surface area contributed by atoms with Crippen LogP contribution in [0.5, 0.6) is 0 Å². The number of ether oxygens (including phenoxy) is 1. The molecular weight excluding hydrogens is 282 g/mol. The van der Waals surface area contributed by atoms with Crippen LogP contribution in [0.15, 0.2) is 6.07 Å². The van der Waals surface area contributed by atoms with Crippen LogP contribution in [0.3, 0.4) is 0 Å². The number of carbonyl (C=O) groups excluding carboxylic acids is 1. The van der Waals surface area contributed by atoms with Gasteiger partial charge < -0.3 is 19.9 Å². The lowest BCUT2D eigenvalue weighted by atomic mass is 10.3. The minimum atomic E-state index is -0.140. The van der Waals surface area contributed by atoms with Gasteiger partial charge in [0.25, 0.3) is 5.91 Å². The molecule has 1 amide bonds. The number of aromatic nitrogens is 2. The molecule has 0 bridgehead atoms. The summed E-state index contributed by atoms with van der Waals surface area (Å²) in [6.45, 7) is 6.33. The Hall–Kier alpha value is -1.73. The molecule has 2 heterocycles. The van der Waals surface area contributed by atoms with Crippen molar-refractivity contribution in [1.29, 1.82) is 0 Å². The van der Waals surface area contributed by atoms with Crippen LogP contribution in [0, 0.1) is 6.92 Å². The van der Waals surface area contributed by atoms with Crippen molar-refractivity contribution in [2.45, 2.75) is 13.3 Å². The molecule has 0 radical (unpaired) electrons. The third-order valence-corrected chi connectivity index (χ3v) is 3.44. The summed E-state index contributed by atoms with van der Waals surface area (Å²) in [6.07, 6.45) is 0.916. The van der Waals surface area contributed by atoms with Crippen molar-refractivity contribution in [3.63, 3.8) is 0 Å². The Morgan fingerprint density at radius 1 is 1.36 bits per heavy atom. The number of amides is 1. The van der Waals surface area contributed by atoms with Crippen LogP contribution in [-0.2, 0) is 4.74 Å². The van der Waals surface area contributed by atoms with Crippen molar-refractivity contribution in [3.05, 3.63) is 17.5 Å². The van der Waals surface area contributed by atoms with Gasteiger partial charge in [0.1, 0.15) is 5.69 Å². The molecule has 1 aromatic heterocycles. The van der Waals surface area contributed by atoms with E-state index in [9.17, 15) is 4.79 Å². The quantitative estimate of drug-likeness (QED) is 0.763. The number of nitrogens with one attached hydrogen (secondary N) is 1. The lowest BCUT2D eigenvalue weighted by molar-refractivity contribution is 0.0947. The molecule has 2 rings (SSSR count). The monoisotopic (exact) mass is 307 g/mol. The van der Waals surface area contributed by atoms with Crippen LogP contribution in [0.2, 0.25) is 0 Å². The highest BCUT2D eigenvalue weighted by Gasteiger charge is 2.17. The first-order valence-electron chi connectivity index (χ1n) is 7.67. The highest BCUT2D eigenvalue weighted by molar-refractivity contribution is 5.92. The van der Waals surface area contributed by atoms with Crippen molar-refractivity contribution in [3.8, 4) is 0 Å². The SMILES string of the molecule is Cc1cc(C(=O)NCCCN(C)C)nc(N2CCOCC2)n1. The smallest absolute Gasteiger partial charge is 0.270 e. The molecule has 22 heavy (non-hydrogen) atoms. The second-order valence-electron chi connectivity index (χ2n) is 5.71. The number of anilines is 1. The summed E-state index contributed by atoms with van der Waals surface area (Å²) in [7, 11) is 4.04. The number of aryl methyl sites for hydroxylation is 1. The standard InChI is InChI=1S/C15H25N5O2/c1-12-11-13(14(21)16-5-4-6-19(2)3)18-15(17-12)20-7-9-22-10-8-20/h11H,4-10H2,1-3H3,(H,16,21). The molecule has 0 aromatic carbocycles. The number of hydrogen-bond donors (Lipinski definition) is 1. The Balaban J connectivity index is 1.97. The maximum Gasteiger partial charge on any atom is 0.270 e. The molecular formula is C15H25N5O2. The average molecular weight is 307 g/mol. The van der Waals surface area contributed by atoms with Gasteiger partial charge in [0.05, 0.1) is 13.2 Å². The van der Waals surface area contributed by atoms with E-state index >= 15 is 0 Å². The zero-order chi connectivity index (χ0) is 15.9. The van der Waals surface area contributed by atoms with Gasteiger partial charge >= 0.3 is 0 Å². The van der Waals surface area contributed by atoms with E-state index in [1.165, 1.54) is 0 Å². The molecule has 1 fully saturated rings. The lowest BCUT2D eigenvalue weighted by Crippen LogP contribution is -2.38. The molecule has 7 nitrogen and oxygen atoms in total. The van der Waals surface area contributed by atoms with Crippen LogP contribution in [-0.4, -0.2) is 74.3 Å². The fourth-order valence-corrected chi connectivity index (χ4v) is 2.26. The third-order valence-electron chi connectivity index (χ3n) is 3.44. The molecule has 0 atom stereocenters. The fraction of sp³-hybridized carbons (Fsp3) is 0.667. The molecule has 1 aliphatic rings. The molecule has 7 heteroatoms. The molecule has 122 valence electrons. The minimum Gasteiger partial charge on any atom is -0.378 e. The molecule has 1 aromatic rings. The lowest BCUT2D eigenvalue weighted by Gasteiger charge is -2.27. The molecule has 0 unspecified atom stereocenters. The number of morpholine rings is 1. The minimum absolute atomic E-state index is 0.140. The Kier molecular flexibility index (Phi) is 6.09. The molecule has 0 spiro atoms. The van der Waals surface area contributed by atoms with Crippen LogP contribution in [0.4, 0.5) is 5.95 Å².